The van der Waals surface area contributed by atoms with E-state index in [1.165, 1.54) is 0 Å². The van der Waals surface area contributed by atoms with Crippen LogP contribution in [0.5, 0.6) is 0 Å². The van der Waals surface area contributed by atoms with Crippen LogP contribution < -0.4 is 10.9 Å². The lowest BCUT2D eigenvalue weighted by atomic mass is 10.1. The average Bonchev–Trinajstić information content (AvgIpc) is 3.03. The summed E-state index contributed by atoms with van der Waals surface area (Å²) in [5.74, 6) is -0.707. The van der Waals surface area contributed by atoms with Gasteiger partial charge in [-0.2, -0.15) is 0 Å². The van der Waals surface area contributed by atoms with E-state index in [1.807, 2.05) is 36.4 Å². The minimum Gasteiger partial charge on any atom is -0.360 e. The van der Waals surface area contributed by atoms with E-state index in [-0.39, 0.29) is 11.8 Å². The number of carbonyl (C=O) groups excluding carboxylic acids is 2. The second-order valence-electron chi connectivity index (χ2n) is 5.21. The highest BCUT2D eigenvalue weighted by Gasteiger charge is 2.13. The highest BCUT2D eigenvalue weighted by Crippen LogP contribution is 2.17. The largest absolute Gasteiger partial charge is 0.360 e. The van der Waals surface area contributed by atoms with E-state index < -0.39 is 0 Å². The first-order valence-corrected chi connectivity index (χ1v) is 7.44. The van der Waals surface area contributed by atoms with Crippen molar-refractivity contribution < 1.29 is 9.59 Å². The number of amides is 2. The summed E-state index contributed by atoms with van der Waals surface area (Å²) < 4.78 is 0. The molecule has 0 unspecified atom stereocenters. The molecular weight excluding hydrogens is 290 g/mol. The summed E-state index contributed by atoms with van der Waals surface area (Å²) in [4.78, 5) is 27.3. The van der Waals surface area contributed by atoms with E-state index in [4.69, 9.17) is 0 Å². The zero-order valence-electron chi connectivity index (χ0n) is 12.7. The molecule has 0 bridgehead atoms. The van der Waals surface area contributed by atoms with Gasteiger partial charge in [0.05, 0.1) is 5.56 Å². The Labute approximate surface area is 133 Å². The summed E-state index contributed by atoms with van der Waals surface area (Å²) in [6.45, 7) is 2.05. The number of rotatable bonds is 3. The molecule has 1 heterocycles. The van der Waals surface area contributed by atoms with Crippen LogP contribution >= 0.6 is 0 Å². The molecule has 0 aliphatic carbocycles. The quantitative estimate of drug-likeness (QED) is 0.651. The molecule has 0 aliphatic rings. The van der Waals surface area contributed by atoms with Crippen LogP contribution in [0.15, 0.2) is 54.7 Å². The fourth-order valence-corrected chi connectivity index (χ4v) is 2.40. The first kappa shape index (κ1) is 14.8. The van der Waals surface area contributed by atoms with Crippen molar-refractivity contribution in [3.8, 4) is 0 Å². The summed E-state index contributed by atoms with van der Waals surface area (Å²) in [5, 5.41) is 0.812. The number of hydrazine groups is 1. The Kier molecular flexibility index (Phi) is 4.10. The van der Waals surface area contributed by atoms with Gasteiger partial charge in [-0.15, -0.1) is 0 Å². The van der Waals surface area contributed by atoms with Crippen LogP contribution in [0.4, 0.5) is 0 Å². The Balaban J connectivity index is 1.67. The van der Waals surface area contributed by atoms with Crippen LogP contribution in [0.2, 0.25) is 0 Å². The number of para-hydroxylation sites is 1. The van der Waals surface area contributed by atoms with Gasteiger partial charge in [0.15, 0.2) is 0 Å². The summed E-state index contributed by atoms with van der Waals surface area (Å²) in [5.41, 5.74) is 7.90. The number of fused-ring (bicyclic) bond motifs is 1. The van der Waals surface area contributed by atoms with Gasteiger partial charge in [-0.25, -0.2) is 0 Å². The average molecular weight is 307 g/mol. The van der Waals surface area contributed by atoms with E-state index in [9.17, 15) is 9.59 Å². The third kappa shape index (κ3) is 3.08. The summed E-state index contributed by atoms with van der Waals surface area (Å²) >= 11 is 0. The van der Waals surface area contributed by atoms with Gasteiger partial charge in [0.1, 0.15) is 0 Å². The highest BCUT2D eigenvalue weighted by atomic mass is 16.2. The predicted octanol–water partition coefficient (Wildman–Crippen LogP) is 2.81. The third-order valence-corrected chi connectivity index (χ3v) is 3.75. The van der Waals surface area contributed by atoms with Crippen molar-refractivity contribution >= 4 is 22.7 Å². The molecule has 0 spiro atoms. The smallest absolute Gasteiger partial charge is 0.271 e. The number of H-pyrrole nitrogens is 1. The first-order chi connectivity index (χ1) is 11.2. The van der Waals surface area contributed by atoms with Gasteiger partial charge in [-0.1, -0.05) is 37.3 Å². The fourth-order valence-electron chi connectivity index (χ4n) is 2.40. The standard InChI is InChI=1S/C18H17N3O2/c1-2-12-7-9-13(10-8-12)17(22)20-21-18(23)15-11-19-16-6-4-3-5-14(15)16/h3-11,19H,2H2,1H3,(H,20,22)(H,21,23). The second kappa shape index (κ2) is 6.36. The second-order valence-corrected chi connectivity index (χ2v) is 5.21. The number of hydrogen-bond donors (Lipinski definition) is 3. The molecule has 3 N–H and O–H groups in total. The number of aryl methyl sites for hydroxylation is 1. The lowest BCUT2D eigenvalue weighted by molar-refractivity contribution is 0.0847. The Hall–Kier alpha value is -3.08. The highest BCUT2D eigenvalue weighted by molar-refractivity contribution is 6.07. The van der Waals surface area contributed by atoms with E-state index in [0.717, 1.165) is 22.9 Å². The Morgan fingerprint density at radius 3 is 2.39 bits per heavy atom. The van der Waals surface area contributed by atoms with E-state index in [1.54, 1.807) is 18.3 Å². The lowest BCUT2D eigenvalue weighted by Gasteiger charge is -2.07. The molecule has 5 nitrogen and oxygen atoms in total. The van der Waals surface area contributed by atoms with Crippen LogP contribution in [-0.2, 0) is 6.42 Å². The number of hydrogen-bond acceptors (Lipinski definition) is 2. The van der Waals surface area contributed by atoms with Crippen molar-refractivity contribution in [2.24, 2.45) is 0 Å². The van der Waals surface area contributed by atoms with Crippen LogP contribution in [0.3, 0.4) is 0 Å². The molecule has 2 amide bonds. The molecule has 2 aromatic carbocycles. The van der Waals surface area contributed by atoms with Crippen LogP contribution in [0.25, 0.3) is 10.9 Å². The van der Waals surface area contributed by atoms with Crippen molar-refractivity contribution in [1.29, 1.82) is 0 Å². The maximum Gasteiger partial charge on any atom is 0.271 e. The minimum atomic E-state index is -0.360. The summed E-state index contributed by atoms with van der Waals surface area (Å²) in [6.07, 6.45) is 2.54. The number of carbonyl (C=O) groups is 2. The maximum atomic E-state index is 12.2. The minimum absolute atomic E-state index is 0.346. The van der Waals surface area contributed by atoms with Gasteiger partial charge in [-0.3, -0.25) is 20.4 Å². The summed E-state index contributed by atoms with van der Waals surface area (Å²) in [7, 11) is 0. The van der Waals surface area contributed by atoms with Crippen LogP contribution in [0, 0.1) is 0 Å². The first-order valence-electron chi connectivity index (χ1n) is 7.44. The Morgan fingerprint density at radius 2 is 1.65 bits per heavy atom. The van der Waals surface area contributed by atoms with Crippen molar-refractivity contribution in [2.75, 3.05) is 0 Å². The molecule has 23 heavy (non-hydrogen) atoms. The number of nitrogens with one attached hydrogen (secondary N) is 3. The Bertz CT molecular complexity index is 850. The monoisotopic (exact) mass is 307 g/mol. The van der Waals surface area contributed by atoms with Gasteiger partial charge in [-0.05, 0) is 30.2 Å². The molecule has 0 saturated carbocycles. The number of aromatic nitrogens is 1. The number of aromatic amines is 1. The SMILES string of the molecule is CCc1ccc(C(=O)NNC(=O)c2c[nH]c3ccccc23)cc1. The van der Waals surface area contributed by atoms with Crippen molar-refractivity contribution in [1.82, 2.24) is 15.8 Å². The zero-order valence-corrected chi connectivity index (χ0v) is 12.7. The lowest BCUT2D eigenvalue weighted by Crippen LogP contribution is -2.41. The van der Waals surface area contributed by atoms with Gasteiger partial charge in [0.25, 0.3) is 11.8 Å². The van der Waals surface area contributed by atoms with Gasteiger partial charge in [0, 0.05) is 22.7 Å². The molecule has 3 rings (SSSR count). The molecule has 0 aliphatic heterocycles. The molecular formula is C18H17N3O2. The number of benzene rings is 2. The van der Waals surface area contributed by atoms with Crippen molar-refractivity contribution in [3.05, 3.63) is 71.4 Å². The Morgan fingerprint density at radius 1 is 0.957 bits per heavy atom. The summed E-state index contributed by atoms with van der Waals surface area (Å²) in [6, 6.07) is 14.8. The topological polar surface area (TPSA) is 74.0 Å². The molecule has 0 radical (unpaired) electrons. The third-order valence-electron chi connectivity index (χ3n) is 3.75. The molecule has 116 valence electrons. The molecule has 5 heteroatoms. The van der Waals surface area contributed by atoms with Crippen LogP contribution in [-0.4, -0.2) is 16.8 Å². The van der Waals surface area contributed by atoms with Crippen LogP contribution in [0.1, 0.15) is 33.2 Å². The molecule has 0 fully saturated rings. The molecule has 3 aromatic rings. The molecule has 1 aromatic heterocycles. The van der Waals surface area contributed by atoms with Crippen molar-refractivity contribution in [3.63, 3.8) is 0 Å². The van der Waals surface area contributed by atoms with Gasteiger partial charge in [0.2, 0.25) is 0 Å². The normalized spacial score (nSPS) is 10.5. The van der Waals surface area contributed by atoms with Gasteiger partial charge < -0.3 is 4.98 Å². The van der Waals surface area contributed by atoms with E-state index in [0.29, 0.717) is 11.1 Å². The molecule has 0 atom stereocenters. The predicted molar refractivity (Wildman–Crippen MR) is 89.1 cm³/mol. The van der Waals surface area contributed by atoms with Gasteiger partial charge >= 0.3 is 0 Å². The fraction of sp³-hybridized carbons (Fsp3) is 0.111. The molecule has 0 saturated heterocycles. The maximum absolute atomic E-state index is 12.2. The van der Waals surface area contributed by atoms with E-state index in [2.05, 4.69) is 22.8 Å². The zero-order chi connectivity index (χ0) is 16.2. The van der Waals surface area contributed by atoms with E-state index >= 15 is 0 Å². The van der Waals surface area contributed by atoms with Crippen molar-refractivity contribution in [2.45, 2.75) is 13.3 Å².